The number of nitrogens with zero attached hydrogens (tertiary/aromatic N) is 3. The summed E-state index contributed by atoms with van der Waals surface area (Å²) in [6.45, 7) is 4.47. The second-order valence-electron chi connectivity index (χ2n) is 7.97. The summed E-state index contributed by atoms with van der Waals surface area (Å²) in [7, 11) is 0. The van der Waals surface area contributed by atoms with Crippen LogP contribution in [0.3, 0.4) is 0 Å². The average Bonchev–Trinajstić information content (AvgIpc) is 3.04. The van der Waals surface area contributed by atoms with E-state index in [2.05, 4.69) is 4.98 Å². The fourth-order valence-corrected chi connectivity index (χ4v) is 4.56. The van der Waals surface area contributed by atoms with Gasteiger partial charge in [-0.2, -0.15) is 0 Å². The zero-order chi connectivity index (χ0) is 18.0. The van der Waals surface area contributed by atoms with E-state index in [0.29, 0.717) is 24.9 Å². The van der Waals surface area contributed by atoms with Crippen LogP contribution in [-0.4, -0.2) is 59.4 Å². The number of hydrogen-bond donors (Lipinski definition) is 0. The number of amides is 2. The van der Waals surface area contributed by atoms with Crippen molar-refractivity contribution in [1.29, 1.82) is 0 Å². The van der Waals surface area contributed by atoms with E-state index >= 15 is 0 Å². The Kier molecular flexibility index (Phi) is 4.94. The molecule has 0 saturated carbocycles. The minimum Gasteiger partial charge on any atom is -0.381 e. The molecule has 6 heteroatoms. The molecular formula is C20H27N3O3. The molecule has 3 aliphatic rings. The van der Waals surface area contributed by atoms with Gasteiger partial charge in [-0.15, -0.1) is 0 Å². The van der Waals surface area contributed by atoms with E-state index in [9.17, 15) is 9.59 Å². The third kappa shape index (κ3) is 3.61. The Morgan fingerprint density at radius 1 is 1.15 bits per heavy atom. The Morgan fingerprint density at radius 3 is 2.54 bits per heavy atom. The van der Waals surface area contributed by atoms with Crippen molar-refractivity contribution in [3.8, 4) is 0 Å². The maximum Gasteiger partial charge on any atom is 0.227 e. The first-order valence-corrected chi connectivity index (χ1v) is 9.68. The molecule has 1 atom stereocenters. The van der Waals surface area contributed by atoms with Gasteiger partial charge in [0, 0.05) is 58.2 Å². The summed E-state index contributed by atoms with van der Waals surface area (Å²) in [5, 5.41) is 0. The van der Waals surface area contributed by atoms with E-state index in [1.165, 1.54) is 0 Å². The number of rotatable bonds is 3. The van der Waals surface area contributed by atoms with Crippen molar-refractivity contribution in [2.24, 2.45) is 11.3 Å². The molecule has 3 aliphatic heterocycles. The molecule has 1 aromatic rings. The van der Waals surface area contributed by atoms with Gasteiger partial charge in [0.2, 0.25) is 11.8 Å². The largest absolute Gasteiger partial charge is 0.381 e. The molecule has 26 heavy (non-hydrogen) atoms. The standard InChI is InChI=1S/C20H27N3O3/c24-18-13-17(15-23(18)14-16-1-7-21-8-2-16)19(25)22-9-3-20(4-10-22)5-11-26-12-6-20/h1-2,7-8,17H,3-6,9-15H2/t17-/m1/s1. The van der Waals surface area contributed by atoms with Crippen LogP contribution in [0.5, 0.6) is 0 Å². The van der Waals surface area contributed by atoms with E-state index in [4.69, 9.17) is 4.74 Å². The minimum absolute atomic E-state index is 0.0815. The highest BCUT2D eigenvalue weighted by molar-refractivity contribution is 5.89. The van der Waals surface area contributed by atoms with Crippen LogP contribution in [-0.2, 0) is 20.9 Å². The Morgan fingerprint density at radius 2 is 1.85 bits per heavy atom. The molecule has 3 saturated heterocycles. The molecule has 2 amide bonds. The van der Waals surface area contributed by atoms with E-state index in [-0.39, 0.29) is 17.7 Å². The molecule has 0 aliphatic carbocycles. The summed E-state index contributed by atoms with van der Waals surface area (Å²) in [6, 6.07) is 3.83. The van der Waals surface area contributed by atoms with Crippen LogP contribution in [0.25, 0.3) is 0 Å². The van der Waals surface area contributed by atoms with Gasteiger partial charge in [-0.1, -0.05) is 0 Å². The van der Waals surface area contributed by atoms with Crippen LogP contribution in [0.4, 0.5) is 0 Å². The molecule has 6 nitrogen and oxygen atoms in total. The van der Waals surface area contributed by atoms with E-state index in [1.54, 1.807) is 12.4 Å². The highest BCUT2D eigenvalue weighted by Crippen LogP contribution is 2.41. The van der Waals surface area contributed by atoms with Gasteiger partial charge < -0.3 is 14.5 Å². The van der Waals surface area contributed by atoms with E-state index in [1.807, 2.05) is 21.9 Å². The molecule has 140 valence electrons. The van der Waals surface area contributed by atoms with Crippen LogP contribution in [0.15, 0.2) is 24.5 Å². The van der Waals surface area contributed by atoms with Crippen LogP contribution >= 0.6 is 0 Å². The second kappa shape index (κ2) is 7.35. The number of likely N-dealkylation sites (tertiary alicyclic amines) is 2. The number of pyridine rings is 1. The maximum atomic E-state index is 12.9. The van der Waals surface area contributed by atoms with Crippen LogP contribution in [0.1, 0.15) is 37.7 Å². The van der Waals surface area contributed by atoms with Crippen molar-refractivity contribution in [2.75, 3.05) is 32.8 Å². The monoisotopic (exact) mass is 357 g/mol. The molecule has 3 fully saturated rings. The third-order valence-corrected chi connectivity index (χ3v) is 6.38. The maximum absolute atomic E-state index is 12.9. The molecule has 0 bridgehead atoms. The molecule has 0 unspecified atom stereocenters. The number of carbonyl (C=O) groups is 2. The van der Waals surface area contributed by atoms with Crippen molar-refractivity contribution in [2.45, 2.75) is 38.6 Å². The molecule has 4 rings (SSSR count). The fourth-order valence-electron chi connectivity index (χ4n) is 4.56. The Labute approximate surface area is 154 Å². The molecule has 1 aromatic heterocycles. The lowest BCUT2D eigenvalue weighted by atomic mass is 9.72. The van der Waals surface area contributed by atoms with Gasteiger partial charge in [-0.05, 0) is 48.8 Å². The summed E-state index contributed by atoms with van der Waals surface area (Å²) in [6.07, 6.45) is 8.20. The van der Waals surface area contributed by atoms with Gasteiger partial charge in [0.05, 0.1) is 5.92 Å². The molecule has 0 N–H and O–H groups in total. The summed E-state index contributed by atoms with van der Waals surface area (Å²) in [4.78, 5) is 33.1. The number of hydrogen-bond acceptors (Lipinski definition) is 4. The quantitative estimate of drug-likeness (QED) is 0.828. The topological polar surface area (TPSA) is 62.7 Å². The first kappa shape index (κ1) is 17.5. The molecule has 0 aromatic carbocycles. The van der Waals surface area contributed by atoms with Gasteiger partial charge in [0.1, 0.15) is 0 Å². The van der Waals surface area contributed by atoms with Crippen molar-refractivity contribution < 1.29 is 14.3 Å². The molecular weight excluding hydrogens is 330 g/mol. The number of ether oxygens (including phenoxy) is 1. The van der Waals surface area contributed by atoms with Crippen LogP contribution in [0.2, 0.25) is 0 Å². The van der Waals surface area contributed by atoms with Crippen molar-refractivity contribution in [3.63, 3.8) is 0 Å². The van der Waals surface area contributed by atoms with Gasteiger partial charge in [-0.25, -0.2) is 0 Å². The fraction of sp³-hybridized carbons (Fsp3) is 0.650. The second-order valence-corrected chi connectivity index (χ2v) is 7.97. The average molecular weight is 357 g/mol. The molecule has 0 radical (unpaired) electrons. The normalized spacial score (nSPS) is 25.7. The van der Waals surface area contributed by atoms with Gasteiger partial charge in [-0.3, -0.25) is 14.6 Å². The van der Waals surface area contributed by atoms with Gasteiger partial charge >= 0.3 is 0 Å². The van der Waals surface area contributed by atoms with E-state index in [0.717, 1.165) is 57.6 Å². The lowest BCUT2D eigenvalue weighted by Gasteiger charge is -2.44. The zero-order valence-electron chi connectivity index (χ0n) is 15.2. The Bertz CT molecular complexity index is 648. The van der Waals surface area contributed by atoms with Crippen LogP contribution in [0, 0.1) is 11.3 Å². The smallest absolute Gasteiger partial charge is 0.227 e. The highest BCUT2D eigenvalue weighted by Gasteiger charge is 2.41. The number of piperidine rings is 1. The lowest BCUT2D eigenvalue weighted by molar-refractivity contribution is -0.139. The number of carbonyl (C=O) groups excluding carboxylic acids is 2. The summed E-state index contributed by atoms with van der Waals surface area (Å²) >= 11 is 0. The van der Waals surface area contributed by atoms with E-state index < -0.39 is 0 Å². The van der Waals surface area contributed by atoms with Crippen molar-refractivity contribution >= 4 is 11.8 Å². The third-order valence-electron chi connectivity index (χ3n) is 6.38. The van der Waals surface area contributed by atoms with Crippen molar-refractivity contribution in [3.05, 3.63) is 30.1 Å². The van der Waals surface area contributed by atoms with Gasteiger partial charge in [0.15, 0.2) is 0 Å². The first-order chi connectivity index (χ1) is 12.7. The number of aromatic nitrogens is 1. The zero-order valence-corrected chi connectivity index (χ0v) is 15.2. The van der Waals surface area contributed by atoms with Crippen molar-refractivity contribution in [1.82, 2.24) is 14.8 Å². The highest BCUT2D eigenvalue weighted by atomic mass is 16.5. The summed E-state index contributed by atoms with van der Waals surface area (Å²) in [5.41, 5.74) is 1.44. The van der Waals surface area contributed by atoms with Crippen LogP contribution < -0.4 is 0 Å². The Hall–Kier alpha value is -1.95. The molecule has 4 heterocycles. The Balaban J connectivity index is 1.32. The minimum atomic E-state index is -0.187. The predicted octanol–water partition coefficient (Wildman–Crippen LogP) is 1.85. The lowest BCUT2D eigenvalue weighted by Crippen LogP contribution is -2.47. The predicted molar refractivity (Wildman–Crippen MR) is 96.1 cm³/mol. The SMILES string of the molecule is O=C1C[C@@H](C(=O)N2CCC3(CCOCC3)CC2)CN1Cc1ccncc1. The molecule has 1 spiro atoms. The summed E-state index contributed by atoms with van der Waals surface area (Å²) in [5.74, 6) is 0.0589. The van der Waals surface area contributed by atoms with Gasteiger partial charge in [0.25, 0.3) is 0 Å². The first-order valence-electron chi connectivity index (χ1n) is 9.68. The summed E-state index contributed by atoms with van der Waals surface area (Å²) < 4.78 is 5.50.